The largest absolute Gasteiger partial charge is 0.507 e. The van der Waals surface area contributed by atoms with Gasteiger partial charge in [0.1, 0.15) is 17.1 Å². The zero-order valence-corrected chi connectivity index (χ0v) is 16.8. The average molecular weight is 363 g/mol. The Kier molecular flexibility index (Phi) is 11.1. The van der Waals surface area contributed by atoms with E-state index in [-0.39, 0.29) is 23.0 Å². The Labute approximate surface area is 157 Å². The van der Waals surface area contributed by atoms with E-state index in [0.29, 0.717) is 17.5 Å². The Hall–Kier alpha value is -2.23. The molecule has 0 saturated heterocycles. The highest BCUT2D eigenvalue weighted by molar-refractivity contribution is 5.94. The van der Waals surface area contributed by atoms with Gasteiger partial charge in [0, 0.05) is 11.5 Å². The highest BCUT2D eigenvalue weighted by Gasteiger charge is 2.27. The minimum atomic E-state index is -1.14. The van der Waals surface area contributed by atoms with Crippen LogP contribution in [0.3, 0.4) is 0 Å². The van der Waals surface area contributed by atoms with Crippen LogP contribution in [0.1, 0.15) is 87.7 Å². The quantitative estimate of drug-likeness (QED) is 0.559. The van der Waals surface area contributed by atoms with E-state index in [9.17, 15) is 20.1 Å². The standard InChI is InChI=1S/C17H22O4.C3H6.C2H6/c1-3-5-11-9-13(18)14(16(19)15(11)17(20)21)12-7-4-6-10(2)8-12;1-3-2;1-2/h8-9,12,18-19H,3-7H2,1-2H3,(H,20,21);3H,1H2,2H3;1-2H3. The molecule has 0 spiro atoms. The molecule has 3 N–H and O–H groups in total. The van der Waals surface area contributed by atoms with Gasteiger partial charge in [-0.15, -0.1) is 6.58 Å². The number of hydrogen-bond donors (Lipinski definition) is 3. The van der Waals surface area contributed by atoms with Crippen LogP contribution in [0, 0.1) is 0 Å². The van der Waals surface area contributed by atoms with Crippen LogP contribution in [-0.4, -0.2) is 21.3 Å². The van der Waals surface area contributed by atoms with Crippen LogP contribution in [0.4, 0.5) is 0 Å². The van der Waals surface area contributed by atoms with E-state index in [2.05, 4.69) is 6.58 Å². The molecule has 0 aliphatic heterocycles. The molecular formula is C22H34O4. The predicted molar refractivity (Wildman–Crippen MR) is 108 cm³/mol. The number of aromatic hydroxyl groups is 2. The number of carboxylic acids is 1. The van der Waals surface area contributed by atoms with Gasteiger partial charge >= 0.3 is 5.97 Å². The van der Waals surface area contributed by atoms with Gasteiger partial charge in [0.2, 0.25) is 0 Å². The molecule has 4 nitrogen and oxygen atoms in total. The molecule has 1 aromatic rings. The van der Waals surface area contributed by atoms with Gasteiger partial charge in [0.25, 0.3) is 0 Å². The Morgan fingerprint density at radius 2 is 1.92 bits per heavy atom. The first kappa shape index (κ1) is 23.8. The normalized spacial score (nSPS) is 15.6. The molecule has 2 rings (SSSR count). The number of allylic oxidation sites excluding steroid dienone is 3. The average Bonchev–Trinajstić information content (AvgIpc) is 2.57. The molecule has 1 atom stereocenters. The lowest BCUT2D eigenvalue weighted by Crippen LogP contribution is -2.09. The highest BCUT2D eigenvalue weighted by atomic mass is 16.4. The van der Waals surface area contributed by atoms with Crippen molar-refractivity contribution in [3.05, 3.63) is 47.1 Å². The van der Waals surface area contributed by atoms with Crippen LogP contribution in [0.25, 0.3) is 0 Å². The zero-order valence-electron chi connectivity index (χ0n) is 16.8. The summed E-state index contributed by atoms with van der Waals surface area (Å²) in [4.78, 5) is 11.5. The van der Waals surface area contributed by atoms with Gasteiger partial charge in [-0.3, -0.25) is 0 Å². The number of carboxylic acid groups (broad SMARTS) is 1. The summed E-state index contributed by atoms with van der Waals surface area (Å²) in [6.45, 7) is 13.2. The Morgan fingerprint density at radius 3 is 2.38 bits per heavy atom. The molecule has 146 valence electrons. The SMILES string of the molecule is C=CC.CC.CCCc1cc(O)c(C2C=C(C)CCC2)c(O)c1C(=O)O. The van der Waals surface area contributed by atoms with Crippen LogP contribution in [0.5, 0.6) is 11.5 Å². The molecule has 0 saturated carbocycles. The summed E-state index contributed by atoms with van der Waals surface area (Å²) in [5, 5.41) is 30.1. The Balaban J connectivity index is 0.00000113. The number of phenolic OH excluding ortho intramolecular Hbond substituents is 1. The smallest absolute Gasteiger partial charge is 0.339 e. The maximum absolute atomic E-state index is 11.5. The van der Waals surface area contributed by atoms with E-state index in [1.54, 1.807) is 6.08 Å². The van der Waals surface area contributed by atoms with Crippen molar-refractivity contribution in [2.24, 2.45) is 0 Å². The van der Waals surface area contributed by atoms with Gasteiger partial charge in [-0.1, -0.05) is 44.9 Å². The van der Waals surface area contributed by atoms with Gasteiger partial charge < -0.3 is 15.3 Å². The number of rotatable bonds is 4. The fraction of sp³-hybridized carbons (Fsp3) is 0.500. The van der Waals surface area contributed by atoms with Crippen LogP contribution < -0.4 is 0 Å². The molecule has 0 amide bonds. The minimum Gasteiger partial charge on any atom is -0.507 e. The molecule has 0 bridgehead atoms. The van der Waals surface area contributed by atoms with Crippen molar-refractivity contribution in [3.8, 4) is 11.5 Å². The minimum absolute atomic E-state index is 0.00287. The van der Waals surface area contributed by atoms with Crippen LogP contribution >= 0.6 is 0 Å². The fourth-order valence-electron chi connectivity index (χ4n) is 3.13. The number of phenols is 2. The summed E-state index contributed by atoms with van der Waals surface area (Å²) in [6, 6.07) is 1.50. The third kappa shape index (κ3) is 6.25. The Morgan fingerprint density at radius 1 is 1.35 bits per heavy atom. The topological polar surface area (TPSA) is 77.8 Å². The summed E-state index contributed by atoms with van der Waals surface area (Å²) in [5.41, 5.74) is 1.98. The van der Waals surface area contributed by atoms with E-state index in [1.165, 1.54) is 11.6 Å². The second kappa shape index (κ2) is 12.2. The van der Waals surface area contributed by atoms with E-state index < -0.39 is 5.97 Å². The van der Waals surface area contributed by atoms with Crippen molar-refractivity contribution in [1.29, 1.82) is 0 Å². The van der Waals surface area contributed by atoms with Crippen molar-refractivity contribution in [2.45, 2.75) is 72.6 Å². The molecule has 0 fully saturated rings. The van der Waals surface area contributed by atoms with Gasteiger partial charge in [0.15, 0.2) is 0 Å². The van der Waals surface area contributed by atoms with Crippen molar-refractivity contribution in [1.82, 2.24) is 0 Å². The van der Waals surface area contributed by atoms with E-state index >= 15 is 0 Å². The molecule has 0 heterocycles. The van der Waals surface area contributed by atoms with Gasteiger partial charge in [-0.2, -0.15) is 0 Å². The van der Waals surface area contributed by atoms with Crippen molar-refractivity contribution in [2.75, 3.05) is 0 Å². The van der Waals surface area contributed by atoms with E-state index in [0.717, 1.165) is 25.7 Å². The lowest BCUT2D eigenvalue weighted by atomic mass is 9.83. The van der Waals surface area contributed by atoms with Crippen LogP contribution in [-0.2, 0) is 6.42 Å². The maximum Gasteiger partial charge on any atom is 0.339 e. The Bertz CT molecular complexity index is 630. The van der Waals surface area contributed by atoms with Crippen LogP contribution in [0.15, 0.2) is 30.4 Å². The number of aryl methyl sites for hydroxylation is 1. The van der Waals surface area contributed by atoms with E-state index in [1.807, 2.05) is 40.7 Å². The monoisotopic (exact) mass is 362 g/mol. The second-order valence-electron chi connectivity index (χ2n) is 6.17. The molecule has 26 heavy (non-hydrogen) atoms. The molecule has 0 radical (unpaired) electrons. The fourth-order valence-corrected chi connectivity index (χ4v) is 3.13. The third-order valence-electron chi connectivity index (χ3n) is 4.08. The number of benzene rings is 1. The molecule has 1 aliphatic rings. The van der Waals surface area contributed by atoms with Gasteiger partial charge in [-0.25, -0.2) is 4.79 Å². The van der Waals surface area contributed by atoms with Crippen molar-refractivity contribution in [3.63, 3.8) is 0 Å². The van der Waals surface area contributed by atoms with Crippen molar-refractivity contribution >= 4 is 5.97 Å². The highest BCUT2D eigenvalue weighted by Crippen LogP contribution is 2.43. The third-order valence-corrected chi connectivity index (χ3v) is 4.08. The summed E-state index contributed by atoms with van der Waals surface area (Å²) in [7, 11) is 0. The molecule has 0 aromatic heterocycles. The lowest BCUT2D eigenvalue weighted by Gasteiger charge is -2.23. The first-order valence-corrected chi connectivity index (χ1v) is 9.42. The summed E-state index contributed by atoms with van der Waals surface area (Å²) in [5.74, 6) is -1.54. The first-order valence-electron chi connectivity index (χ1n) is 9.42. The summed E-state index contributed by atoms with van der Waals surface area (Å²) >= 11 is 0. The molecule has 1 aromatic carbocycles. The molecule has 4 heteroatoms. The first-order chi connectivity index (χ1) is 12.4. The number of carbonyl (C=O) groups is 1. The molecule has 1 unspecified atom stereocenters. The summed E-state index contributed by atoms with van der Waals surface area (Å²) in [6.07, 6.45) is 7.83. The molecule has 1 aliphatic carbocycles. The van der Waals surface area contributed by atoms with Gasteiger partial charge in [-0.05, 0) is 51.2 Å². The van der Waals surface area contributed by atoms with Crippen LogP contribution in [0.2, 0.25) is 0 Å². The second-order valence-corrected chi connectivity index (χ2v) is 6.17. The van der Waals surface area contributed by atoms with Crippen molar-refractivity contribution < 1.29 is 20.1 Å². The van der Waals surface area contributed by atoms with E-state index in [4.69, 9.17) is 0 Å². The van der Waals surface area contributed by atoms with Gasteiger partial charge in [0.05, 0.1) is 0 Å². The molecular weight excluding hydrogens is 328 g/mol. The maximum atomic E-state index is 11.5. The number of hydrogen-bond acceptors (Lipinski definition) is 3. The zero-order chi connectivity index (χ0) is 20.3. The lowest BCUT2D eigenvalue weighted by molar-refractivity contribution is 0.0692. The summed E-state index contributed by atoms with van der Waals surface area (Å²) < 4.78 is 0. The predicted octanol–water partition coefficient (Wildman–Crippen LogP) is 6.18. The number of aromatic carboxylic acids is 1.